The lowest BCUT2D eigenvalue weighted by Crippen LogP contribution is -2.48. The molecule has 3 rings (SSSR count). The van der Waals surface area contributed by atoms with Gasteiger partial charge in [0.05, 0.1) is 0 Å². The summed E-state index contributed by atoms with van der Waals surface area (Å²) < 4.78 is 0. The highest BCUT2D eigenvalue weighted by molar-refractivity contribution is 6.40. The Morgan fingerprint density at radius 1 is 0.923 bits per heavy atom. The molecule has 3 fully saturated rings. The second-order valence-electron chi connectivity index (χ2n) is 5.84. The minimum absolute atomic E-state index is 0.530. The van der Waals surface area contributed by atoms with E-state index < -0.39 is 0 Å². The molecule has 1 nitrogen and oxygen atoms in total. The number of fused-ring (bicyclic) bond motifs is 2. The van der Waals surface area contributed by atoms with Crippen molar-refractivity contribution < 1.29 is 0 Å². The van der Waals surface area contributed by atoms with Crippen molar-refractivity contribution >= 4 is 15.7 Å². The van der Waals surface area contributed by atoms with E-state index in [0.717, 1.165) is 17.8 Å². The molecule has 2 aliphatic carbocycles. The second kappa shape index (κ2) is 2.56. The van der Waals surface area contributed by atoms with E-state index in [2.05, 4.69) is 20.6 Å². The van der Waals surface area contributed by atoms with Gasteiger partial charge < -0.3 is 4.90 Å². The van der Waals surface area contributed by atoms with Gasteiger partial charge in [0, 0.05) is 13.1 Å². The van der Waals surface area contributed by atoms with Crippen LogP contribution in [0.25, 0.3) is 0 Å². The first-order chi connectivity index (χ1) is 6.19. The molecule has 0 amide bonds. The number of nitrogens with zero attached hydrogens (tertiary/aromatic N) is 1. The molecule has 0 unspecified atom stereocenters. The molecule has 70 valence electrons. The minimum atomic E-state index is 0.530. The molecule has 3 aliphatic rings. The van der Waals surface area contributed by atoms with Crippen LogP contribution in [0.2, 0.25) is 0 Å². The topological polar surface area (TPSA) is 3.01 Å². The van der Waals surface area contributed by atoms with Crippen molar-refractivity contribution in [1.29, 1.82) is 0 Å². The van der Waals surface area contributed by atoms with Crippen LogP contribution < -0.4 is 0 Å². The molecule has 2 bridgehead atoms. The second-order valence-corrected chi connectivity index (χ2v) is 5.84. The number of hydrogen-bond acceptors (Lipinski definition) is 1. The van der Waals surface area contributed by atoms with Crippen molar-refractivity contribution in [1.82, 2.24) is 4.90 Å². The summed E-state index contributed by atoms with van der Waals surface area (Å²) >= 11 is 0. The molecule has 13 heavy (non-hydrogen) atoms. The summed E-state index contributed by atoms with van der Waals surface area (Å²) in [4.78, 5) is 2.67. The zero-order valence-corrected chi connectivity index (χ0v) is 8.92. The fraction of sp³-hybridized carbons (Fsp3) is 1.00. The zero-order valence-electron chi connectivity index (χ0n) is 8.92. The average Bonchev–Trinajstić information content (AvgIpc) is 2.79. The zero-order chi connectivity index (χ0) is 9.05. The van der Waals surface area contributed by atoms with Gasteiger partial charge in [-0.15, -0.1) is 0 Å². The molecule has 2 saturated carbocycles. The molecule has 3 heteroatoms. The van der Waals surface area contributed by atoms with Gasteiger partial charge >= 0.3 is 0 Å². The third-order valence-corrected chi connectivity index (χ3v) is 4.91. The van der Waals surface area contributed by atoms with Crippen molar-refractivity contribution in [3.8, 4) is 0 Å². The molecular formula is C10H19B2N. The number of hydrogen-bond donors (Lipinski definition) is 0. The lowest BCUT2D eigenvalue weighted by atomic mass is 9.52. The third-order valence-electron chi connectivity index (χ3n) is 4.91. The Morgan fingerprint density at radius 3 is 1.77 bits per heavy atom. The van der Waals surface area contributed by atoms with E-state index in [9.17, 15) is 0 Å². The molecule has 0 atom stereocenters. The first kappa shape index (κ1) is 8.40. The Bertz CT molecular complexity index is 205. The van der Waals surface area contributed by atoms with Crippen LogP contribution in [0.15, 0.2) is 0 Å². The van der Waals surface area contributed by atoms with Crippen molar-refractivity contribution in [2.45, 2.75) is 31.0 Å². The summed E-state index contributed by atoms with van der Waals surface area (Å²) in [5.41, 5.74) is 0. The maximum atomic E-state index is 2.67. The van der Waals surface area contributed by atoms with Gasteiger partial charge in [-0.3, -0.25) is 0 Å². The normalized spacial score (nSPS) is 44.2. The predicted octanol–water partition coefficient (Wildman–Crippen LogP) is -0.342. The largest absolute Gasteiger partial charge is 0.310 e. The fourth-order valence-corrected chi connectivity index (χ4v) is 4.24. The fourth-order valence-electron chi connectivity index (χ4n) is 4.24. The molecule has 0 aromatic heterocycles. The van der Waals surface area contributed by atoms with Gasteiger partial charge in [0.2, 0.25) is 0 Å². The summed E-state index contributed by atoms with van der Waals surface area (Å²) in [6.45, 7) is 2.73. The highest BCUT2D eigenvalue weighted by Crippen LogP contribution is 2.54. The van der Waals surface area contributed by atoms with Crippen LogP contribution in [-0.4, -0.2) is 39.0 Å². The summed E-state index contributed by atoms with van der Waals surface area (Å²) in [7, 11) is 4.97. The highest BCUT2D eigenvalue weighted by atomic mass is 15.3. The molecule has 1 saturated heterocycles. The lowest BCUT2D eigenvalue weighted by Gasteiger charge is -2.37. The van der Waals surface area contributed by atoms with Crippen molar-refractivity contribution in [3.05, 3.63) is 0 Å². The Balaban J connectivity index is 1.83. The summed E-state index contributed by atoms with van der Waals surface area (Å²) in [5, 5.41) is 0.530. The molecule has 1 heterocycles. The van der Waals surface area contributed by atoms with Gasteiger partial charge in [-0.2, -0.15) is 0 Å². The van der Waals surface area contributed by atoms with Crippen LogP contribution in [0.3, 0.4) is 0 Å². The smallest absolute Gasteiger partial charge is 0.117 e. The van der Waals surface area contributed by atoms with Gasteiger partial charge in [0.25, 0.3) is 0 Å². The highest BCUT2D eigenvalue weighted by Gasteiger charge is 2.52. The van der Waals surface area contributed by atoms with Crippen molar-refractivity contribution in [2.24, 2.45) is 17.8 Å². The molecule has 0 aromatic rings. The monoisotopic (exact) mass is 175 g/mol. The molecule has 1 aliphatic heterocycles. The third kappa shape index (κ3) is 1.12. The molecule has 0 N–H and O–H groups in total. The Kier molecular flexibility index (Phi) is 1.66. The first-order valence-electron chi connectivity index (χ1n) is 5.94. The van der Waals surface area contributed by atoms with Crippen LogP contribution in [0.4, 0.5) is 0 Å². The van der Waals surface area contributed by atoms with Gasteiger partial charge in [-0.05, 0) is 48.8 Å². The van der Waals surface area contributed by atoms with Crippen LogP contribution in [0.1, 0.15) is 25.7 Å². The van der Waals surface area contributed by atoms with E-state index in [0.29, 0.717) is 5.34 Å². The van der Waals surface area contributed by atoms with Gasteiger partial charge in [-0.25, -0.2) is 0 Å². The van der Waals surface area contributed by atoms with Crippen LogP contribution in [0.5, 0.6) is 0 Å². The van der Waals surface area contributed by atoms with Crippen LogP contribution in [0, 0.1) is 17.8 Å². The van der Waals surface area contributed by atoms with E-state index in [1.165, 1.54) is 38.8 Å². The van der Waals surface area contributed by atoms with Crippen LogP contribution >= 0.6 is 0 Å². The molecule has 0 aromatic carbocycles. The van der Waals surface area contributed by atoms with Crippen molar-refractivity contribution in [3.63, 3.8) is 0 Å². The summed E-state index contributed by atoms with van der Waals surface area (Å²) in [6, 6.07) is 0. The van der Waals surface area contributed by atoms with E-state index in [-0.39, 0.29) is 0 Å². The van der Waals surface area contributed by atoms with Crippen molar-refractivity contribution in [2.75, 3.05) is 13.1 Å². The molecule has 0 spiro atoms. The van der Waals surface area contributed by atoms with Crippen LogP contribution in [-0.2, 0) is 0 Å². The van der Waals surface area contributed by atoms with E-state index in [4.69, 9.17) is 0 Å². The summed E-state index contributed by atoms with van der Waals surface area (Å²) in [5.74, 6) is 3.20. The molecular weight excluding hydrogens is 156 g/mol. The maximum Gasteiger partial charge on any atom is 0.117 e. The van der Waals surface area contributed by atoms with E-state index in [1.54, 1.807) is 0 Å². The number of rotatable bonds is 2. The Labute approximate surface area is 83.1 Å². The SMILES string of the molecule is BC(B)(C1C2CCC1CC2)N1CC1. The maximum absolute atomic E-state index is 2.67. The van der Waals surface area contributed by atoms with E-state index in [1.807, 2.05) is 0 Å². The van der Waals surface area contributed by atoms with Gasteiger partial charge in [0.15, 0.2) is 0 Å². The minimum Gasteiger partial charge on any atom is -0.310 e. The average molecular weight is 175 g/mol. The first-order valence-corrected chi connectivity index (χ1v) is 5.94. The predicted molar refractivity (Wildman–Crippen MR) is 60.3 cm³/mol. The quantitative estimate of drug-likeness (QED) is 0.409. The standard InChI is InChI=1S/C10H19B2N/c11-10(12,13-5-6-13)9-7-1-2-8(9)4-3-7/h7-9H,1-6,11-12H2. The Morgan fingerprint density at radius 2 is 1.38 bits per heavy atom. The van der Waals surface area contributed by atoms with Gasteiger partial charge in [0.1, 0.15) is 15.7 Å². The lowest BCUT2D eigenvalue weighted by molar-refractivity contribution is 0.258. The van der Waals surface area contributed by atoms with E-state index >= 15 is 0 Å². The molecule has 0 radical (unpaired) electrons. The Hall–Kier alpha value is 0.0899. The van der Waals surface area contributed by atoms with Gasteiger partial charge in [-0.1, -0.05) is 0 Å². The summed E-state index contributed by atoms with van der Waals surface area (Å²) in [6.07, 6.45) is 6.14.